The van der Waals surface area contributed by atoms with Gasteiger partial charge in [0, 0.05) is 0 Å². The molecule has 4 nitrogen and oxygen atoms in total. The highest BCUT2D eigenvalue weighted by molar-refractivity contribution is 7.92. The molecule has 0 saturated heterocycles. The fourth-order valence-corrected chi connectivity index (χ4v) is 12.4. The lowest BCUT2D eigenvalue weighted by Crippen LogP contribution is -2.56. The van der Waals surface area contributed by atoms with Crippen molar-refractivity contribution in [3.05, 3.63) is 30.3 Å². The predicted molar refractivity (Wildman–Crippen MR) is 149 cm³/mol. The summed E-state index contributed by atoms with van der Waals surface area (Å²) in [5.41, 5.74) is -0.530. The second kappa shape index (κ2) is 10.3. The summed E-state index contributed by atoms with van der Waals surface area (Å²) in [5.74, 6) is 1.50. The molecular formula is C32H47F3O4S. The molecule has 0 heterocycles. The van der Waals surface area contributed by atoms with Gasteiger partial charge in [-0.05, 0) is 130 Å². The first kappa shape index (κ1) is 30.3. The van der Waals surface area contributed by atoms with Crippen molar-refractivity contribution in [2.45, 2.75) is 120 Å². The number of aliphatic hydroxyl groups is 2. The molecule has 2 unspecified atom stereocenters. The van der Waals surface area contributed by atoms with E-state index in [9.17, 15) is 31.8 Å². The molecule has 226 valence electrons. The number of rotatable bonds is 6. The lowest BCUT2D eigenvalue weighted by atomic mass is 9.43. The first-order valence-electron chi connectivity index (χ1n) is 15.3. The molecule has 11 atom stereocenters. The van der Waals surface area contributed by atoms with Gasteiger partial charge in [0.1, 0.15) is 0 Å². The molecule has 0 radical (unpaired) electrons. The molecule has 1 aromatic carbocycles. The van der Waals surface area contributed by atoms with Crippen molar-refractivity contribution in [1.29, 1.82) is 0 Å². The van der Waals surface area contributed by atoms with Gasteiger partial charge in [0.05, 0.1) is 15.7 Å². The molecule has 0 aromatic heterocycles. The van der Waals surface area contributed by atoms with Gasteiger partial charge in [0.15, 0.2) is 15.9 Å². The van der Waals surface area contributed by atoms with E-state index in [2.05, 4.69) is 13.8 Å². The number of aliphatic hydroxyl groups excluding tert-OH is 1. The van der Waals surface area contributed by atoms with Crippen LogP contribution in [0.25, 0.3) is 0 Å². The maximum absolute atomic E-state index is 13.8. The fraction of sp³-hybridized carbons (Fsp3) is 0.812. The second-order valence-corrected chi connectivity index (χ2v) is 16.8. The molecule has 2 N–H and O–H groups in total. The van der Waals surface area contributed by atoms with Crippen LogP contribution in [0.5, 0.6) is 0 Å². The smallest absolute Gasteiger partial charge is 0.390 e. The average molecular weight is 585 g/mol. The zero-order valence-corrected chi connectivity index (χ0v) is 25.1. The summed E-state index contributed by atoms with van der Waals surface area (Å²) in [6.07, 6.45) is 0.316. The van der Waals surface area contributed by atoms with Gasteiger partial charge in [-0.15, -0.1) is 0 Å². The lowest BCUT2D eigenvalue weighted by Gasteiger charge is -2.62. The average Bonchev–Trinajstić information content (AvgIpc) is 3.24. The Balaban J connectivity index is 1.43. The molecule has 8 heteroatoms. The minimum absolute atomic E-state index is 0.0176. The van der Waals surface area contributed by atoms with E-state index in [0.717, 1.165) is 57.8 Å². The molecule has 0 spiro atoms. The van der Waals surface area contributed by atoms with Crippen molar-refractivity contribution < 1.29 is 31.8 Å². The number of alkyl halides is 3. The molecule has 4 aliphatic carbocycles. The van der Waals surface area contributed by atoms with Crippen molar-refractivity contribution in [3.8, 4) is 0 Å². The molecule has 4 saturated carbocycles. The van der Waals surface area contributed by atoms with Gasteiger partial charge in [-0.1, -0.05) is 39.0 Å². The number of hydrogen-bond acceptors (Lipinski definition) is 4. The first-order chi connectivity index (χ1) is 18.5. The maximum Gasteiger partial charge on any atom is 0.414 e. The molecule has 0 amide bonds. The van der Waals surface area contributed by atoms with Gasteiger partial charge in [-0.25, -0.2) is 8.42 Å². The van der Waals surface area contributed by atoms with Gasteiger partial charge in [-0.2, -0.15) is 13.2 Å². The molecule has 5 rings (SSSR count). The van der Waals surface area contributed by atoms with Crippen LogP contribution >= 0.6 is 0 Å². The summed E-state index contributed by atoms with van der Waals surface area (Å²) in [7, 11) is -4.10. The van der Waals surface area contributed by atoms with E-state index in [-0.39, 0.29) is 21.6 Å². The number of sulfone groups is 1. The first-order valence-corrected chi connectivity index (χ1v) is 16.8. The Hall–Kier alpha value is -1.12. The summed E-state index contributed by atoms with van der Waals surface area (Å²) in [6.45, 7) is 8.49. The molecule has 0 bridgehead atoms. The van der Waals surface area contributed by atoms with Crippen LogP contribution in [0.15, 0.2) is 35.2 Å². The van der Waals surface area contributed by atoms with Gasteiger partial charge in [-0.3, -0.25) is 0 Å². The van der Waals surface area contributed by atoms with Crippen LogP contribution in [-0.2, 0) is 9.84 Å². The number of fused-ring (bicyclic) bond motifs is 5. The fourth-order valence-electron chi connectivity index (χ4n) is 10.4. The Morgan fingerprint density at radius 2 is 1.57 bits per heavy atom. The third-order valence-corrected chi connectivity index (χ3v) is 14.9. The molecular weight excluding hydrogens is 537 g/mol. The lowest BCUT2D eigenvalue weighted by molar-refractivity contribution is -0.206. The van der Waals surface area contributed by atoms with Gasteiger partial charge in [0.2, 0.25) is 0 Å². The molecule has 4 fully saturated rings. The number of halogens is 3. The van der Waals surface area contributed by atoms with Gasteiger partial charge >= 0.3 is 6.18 Å². The highest BCUT2D eigenvalue weighted by atomic mass is 32.2. The normalized spacial score (nSPS) is 42.3. The molecule has 4 aliphatic rings. The zero-order valence-electron chi connectivity index (χ0n) is 24.3. The molecule has 1 aromatic rings. The Labute approximate surface area is 238 Å². The summed E-state index contributed by atoms with van der Waals surface area (Å²) < 4.78 is 68.3. The monoisotopic (exact) mass is 584 g/mol. The summed E-state index contributed by atoms with van der Waals surface area (Å²) in [4.78, 5) is 0.0176. The highest BCUT2D eigenvalue weighted by Crippen LogP contribution is 2.69. The SMILES string of the molecule is C[C@H](C(CC(O)C(F)(F)F)S(=O)(=O)c1ccccc1)[C@H]1CC[C@H]2[C@@H]3CC[C@H]4C[C@@](C)(O)CC[C@]4(C)[C@H]3CC[C@]12C. The highest BCUT2D eigenvalue weighted by Gasteiger charge is 2.62. The summed E-state index contributed by atoms with van der Waals surface area (Å²) in [6, 6.07) is 7.75. The third kappa shape index (κ3) is 5.06. The maximum atomic E-state index is 13.8. The van der Waals surface area contributed by atoms with Gasteiger partial charge in [0.25, 0.3) is 0 Å². The topological polar surface area (TPSA) is 74.6 Å². The summed E-state index contributed by atoms with van der Waals surface area (Å²) >= 11 is 0. The van der Waals surface area contributed by atoms with Crippen LogP contribution in [0.3, 0.4) is 0 Å². The van der Waals surface area contributed by atoms with Crippen molar-refractivity contribution in [2.75, 3.05) is 0 Å². The second-order valence-electron chi connectivity index (χ2n) is 14.6. The van der Waals surface area contributed by atoms with Gasteiger partial charge < -0.3 is 10.2 Å². The van der Waals surface area contributed by atoms with Crippen LogP contribution in [0.1, 0.15) is 91.9 Å². The van der Waals surface area contributed by atoms with Crippen molar-refractivity contribution >= 4 is 9.84 Å². The zero-order chi connectivity index (χ0) is 29.3. The van der Waals surface area contributed by atoms with Crippen LogP contribution in [0.4, 0.5) is 13.2 Å². The quantitative estimate of drug-likeness (QED) is 0.371. The van der Waals surface area contributed by atoms with E-state index in [4.69, 9.17) is 0 Å². The van der Waals surface area contributed by atoms with E-state index in [0.29, 0.717) is 23.7 Å². The third-order valence-electron chi connectivity index (χ3n) is 12.6. The van der Waals surface area contributed by atoms with E-state index in [1.807, 2.05) is 13.8 Å². The Bertz CT molecular complexity index is 1170. The van der Waals surface area contributed by atoms with Crippen LogP contribution in [-0.4, -0.2) is 41.8 Å². The summed E-state index contributed by atoms with van der Waals surface area (Å²) in [5, 5.41) is 19.5. The standard InChI is InChI=1S/C32H47F3O4S/c1-20(27(18-28(36)32(33,34)35)40(38,39)22-8-6-5-7-9-22)24-12-13-25-23-11-10-21-19-29(2,37)16-17-30(21,3)26(23)14-15-31(24,25)4/h5-9,20-21,23-28,36-37H,10-19H2,1-4H3/t20-,21-,23-,24+,25-,26-,27?,28?,29-,30-,31+/m0/s1. The van der Waals surface area contributed by atoms with Crippen LogP contribution in [0.2, 0.25) is 0 Å². The number of benzene rings is 1. The van der Waals surface area contributed by atoms with E-state index in [1.54, 1.807) is 18.2 Å². The Morgan fingerprint density at radius 1 is 0.925 bits per heavy atom. The van der Waals surface area contributed by atoms with E-state index in [1.165, 1.54) is 12.1 Å². The molecule has 40 heavy (non-hydrogen) atoms. The predicted octanol–water partition coefficient (Wildman–Crippen LogP) is 7.19. The van der Waals surface area contributed by atoms with Crippen molar-refractivity contribution in [1.82, 2.24) is 0 Å². The van der Waals surface area contributed by atoms with Crippen molar-refractivity contribution in [3.63, 3.8) is 0 Å². The van der Waals surface area contributed by atoms with Crippen LogP contribution < -0.4 is 0 Å². The Morgan fingerprint density at radius 3 is 2.23 bits per heavy atom. The van der Waals surface area contributed by atoms with E-state index < -0.39 is 45.3 Å². The largest absolute Gasteiger partial charge is 0.414 e. The minimum Gasteiger partial charge on any atom is -0.390 e. The minimum atomic E-state index is -4.87. The molecule has 0 aliphatic heterocycles. The van der Waals surface area contributed by atoms with Crippen LogP contribution in [0, 0.1) is 46.3 Å². The van der Waals surface area contributed by atoms with Crippen molar-refractivity contribution in [2.24, 2.45) is 46.3 Å². The number of hydrogen-bond donors (Lipinski definition) is 2. The van der Waals surface area contributed by atoms with E-state index >= 15 is 0 Å². The Kier molecular flexibility index (Phi) is 7.78.